The van der Waals surface area contributed by atoms with Gasteiger partial charge in [-0.1, -0.05) is 44.9 Å². The van der Waals surface area contributed by atoms with Crippen LogP contribution in [0.4, 0.5) is 0 Å². The monoisotopic (exact) mass is 292 g/mol. The van der Waals surface area contributed by atoms with E-state index in [-0.39, 0.29) is 0 Å². The molecule has 1 aromatic rings. The van der Waals surface area contributed by atoms with Gasteiger partial charge in [0.05, 0.1) is 13.3 Å². The van der Waals surface area contributed by atoms with Crippen LogP contribution in [0.25, 0.3) is 0 Å². The molecule has 0 radical (unpaired) electrons. The Kier molecular flexibility index (Phi) is 4.25. The third-order valence-corrected chi connectivity index (χ3v) is 5.69. The first kappa shape index (κ1) is 14.9. The zero-order valence-corrected chi connectivity index (χ0v) is 13.3. The fraction of sp³-hybridized carbons (Fsp3) is 0.824. The molecule has 0 saturated heterocycles. The van der Waals surface area contributed by atoms with E-state index in [0.29, 0.717) is 11.8 Å². The maximum atomic E-state index is 11.6. The summed E-state index contributed by atoms with van der Waals surface area (Å²) < 4.78 is 7.30. The van der Waals surface area contributed by atoms with Gasteiger partial charge < -0.3 is 9.84 Å². The maximum Gasteiger partial charge on any atom is 0.162 e. The van der Waals surface area contributed by atoms with Gasteiger partial charge in [-0.05, 0) is 24.7 Å². The minimum absolute atomic E-state index is 0.357. The summed E-state index contributed by atoms with van der Waals surface area (Å²) in [5, 5.41) is 15.9. The molecule has 4 heteroatoms. The summed E-state index contributed by atoms with van der Waals surface area (Å²) >= 11 is 0. The summed E-state index contributed by atoms with van der Waals surface area (Å²) in [6.07, 6.45) is 12.6. The minimum atomic E-state index is -0.767. The Morgan fingerprint density at radius 1 is 1.19 bits per heavy atom. The van der Waals surface area contributed by atoms with Crippen molar-refractivity contribution in [2.45, 2.75) is 63.4 Å². The molecule has 118 valence electrons. The Balaban J connectivity index is 1.96. The molecule has 21 heavy (non-hydrogen) atoms. The van der Waals surface area contributed by atoms with Crippen LogP contribution in [0.1, 0.15) is 63.5 Å². The molecule has 0 aromatic carbocycles. The van der Waals surface area contributed by atoms with Crippen molar-refractivity contribution >= 4 is 0 Å². The summed E-state index contributed by atoms with van der Waals surface area (Å²) in [6, 6.07) is 0. The molecule has 2 aliphatic rings. The van der Waals surface area contributed by atoms with E-state index in [9.17, 15) is 5.11 Å². The molecule has 2 aliphatic carbocycles. The van der Waals surface area contributed by atoms with Gasteiger partial charge in [0.15, 0.2) is 5.75 Å². The van der Waals surface area contributed by atoms with Crippen LogP contribution in [-0.2, 0) is 12.6 Å². The van der Waals surface area contributed by atoms with Gasteiger partial charge in [-0.2, -0.15) is 5.10 Å². The second kappa shape index (κ2) is 5.99. The standard InChI is InChI=1S/C17H28N2O2/c1-19-16(15(21-2)12-18-19)17(20)11-7-6-10-14(17)13-8-4-3-5-9-13/h12-14,20H,3-11H2,1-2H3. The number of ether oxygens (including phenoxy) is 1. The van der Waals surface area contributed by atoms with E-state index in [1.807, 2.05) is 11.7 Å². The van der Waals surface area contributed by atoms with Crippen LogP contribution in [-0.4, -0.2) is 22.0 Å². The molecule has 3 rings (SSSR count). The molecule has 2 saturated carbocycles. The van der Waals surface area contributed by atoms with E-state index in [0.717, 1.165) is 30.7 Å². The van der Waals surface area contributed by atoms with Crippen molar-refractivity contribution < 1.29 is 9.84 Å². The fourth-order valence-electron chi connectivity index (χ4n) is 4.70. The van der Waals surface area contributed by atoms with E-state index < -0.39 is 5.60 Å². The molecule has 1 aromatic heterocycles. The van der Waals surface area contributed by atoms with Gasteiger partial charge in [0.1, 0.15) is 11.3 Å². The first-order valence-electron chi connectivity index (χ1n) is 8.45. The highest BCUT2D eigenvalue weighted by Crippen LogP contribution is 2.50. The number of nitrogens with zero attached hydrogens (tertiary/aromatic N) is 2. The van der Waals surface area contributed by atoms with Gasteiger partial charge in [-0.3, -0.25) is 4.68 Å². The highest BCUT2D eigenvalue weighted by Gasteiger charge is 2.47. The Morgan fingerprint density at radius 3 is 2.62 bits per heavy atom. The minimum Gasteiger partial charge on any atom is -0.493 e. The molecule has 2 fully saturated rings. The van der Waals surface area contributed by atoms with Crippen LogP contribution >= 0.6 is 0 Å². The lowest BCUT2D eigenvalue weighted by Gasteiger charge is -2.45. The fourth-order valence-corrected chi connectivity index (χ4v) is 4.70. The second-order valence-electron chi connectivity index (χ2n) is 6.86. The lowest BCUT2D eigenvalue weighted by Crippen LogP contribution is -2.44. The number of hydrogen-bond donors (Lipinski definition) is 1. The summed E-state index contributed by atoms with van der Waals surface area (Å²) in [7, 11) is 3.59. The van der Waals surface area contributed by atoms with Gasteiger partial charge in [-0.15, -0.1) is 0 Å². The van der Waals surface area contributed by atoms with Crippen LogP contribution in [0, 0.1) is 11.8 Å². The van der Waals surface area contributed by atoms with Crippen LogP contribution in [0.5, 0.6) is 5.75 Å². The Morgan fingerprint density at radius 2 is 1.90 bits per heavy atom. The van der Waals surface area contributed by atoms with Crippen molar-refractivity contribution in [2.75, 3.05) is 7.11 Å². The van der Waals surface area contributed by atoms with Gasteiger partial charge in [0.25, 0.3) is 0 Å². The number of aromatic nitrogens is 2. The van der Waals surface area contributed by atoms with Crippen molar-refractivity contribution in [1.29, 1.82) is 0 Å². The molecule has 0 bridgehead atoms. The highest BCUT2D eigenvalue weighted by molar-refractivity contribution is 5.32. The summed E-state index contributed by atoms with van der Waals surface area (Å²) in [6.45, 7) is 0. The summed E-state index contributed by atoms with van der Waals surface area (Å²) in [5.41, 5.74) is 0.122. The van der Waals surface area contributed by atoms with Gasteiger partial charge in [0, 0.05) is 7.05 Å². The molecular formula is C17H28N2O2. The largest absolute Gasteiger partial charge is 0.493 e. The van der Waals surface area contributed by atoms with Gasteiger partial charge >= 0.3 is 0 Å². The number of aliphatic hydroxyl groups is 1. The van der Waals surface area contributed by atoms with Crippen LogP contribution < -0.4 is 4.74 Å². The average Bonchev–Trinajstić information content (AvgIpc) is 2.90. The molecule has 0 aliphatic heterocycles. The smallest absolute Gasteiger partial charge is 0.162 e. The van der Waals surface area contributed by atoms with E-state index in [1.54, 1.807) is 13.3 Å². The van der Waals surface area contributed by atoms with Crippen molar-refractivity contribution in [3.8, 4) is 5.75 Å². The van der Waals surface area contributed by atoms with E-state index >= 15 is 0 Å². The second-order valence-corrected chi connectivity index (χ2v) is 6.86. The van der Waals surface area contributed by atoms with Gasteiger partial charge in [0.2, 0.25) is 0 Å². The number of rotatable bonds is 3. The van der Waals surface area contributed by atoms with Crippen LogP contribution in [0.2, 0.25) is 0 Å². The van der Waals surface area contributed by atoms with E-state index in [4.69, 9.17) is 4.74 Å². The highest BCUT2D eigenvalue weighted by atomic mass is 16.5. The predicted molar refractivity (Wildman–Crippen MR) is 82.2 cm³/mol. The van der Waals surface area contributed by atoms with Crippen molar-refractivity contribution in [3.63, 3.8) is 0 Å². The van der Waals surface area contributed by atoms with Gasteiger partial charge in [-0.25, -0.2) is 0 Å². The zero-order valence-electron chi connectivity index (χ0n) is 13.3. The Hall–Kier alpha value is -1.03. The number of aryl methyl sites for hydroxylation is 1. The SMILES string of the molecule is COc1cnn(C)c1C1(O)CCCCC1C1CCCCC1. The van der Waals surface area contributed by atoms with Crippen molar-refractivity contribution in [2.24, 2.45) is 18.9 Å². The molecule has 2 atom stereocenters. The predicted octanol–water partition coefficient (Wildman–Crippen LogP) is 3.39. The molecule has 1 N–H and O–H groups in total. The first-order valence-corrected chi connectivity index (χ1v) is 8.45. The number of hydrogen-bond acceptors (Lipinski definition) is 3. The van der Waals surface area contributed by atoms with Crippen LogP contribution in [0.3, 0.4) is 0 Å². The van der Waals surface area contributed by atoms with Crippen molar-refractivity contribution in [1.82, 2.24) is 9.78 Å². The third kappa shape index (κ3) is 2.59. The lowest BCUT2D eigenvalue weighted by atomic mass is 9.64. The van der Waals surface area contributed by atoms with E-state index in [2.05, 4.69) is 5.10 Å². The summed E-state index contributed by atoms with van der Waals surface area (Å²) in [4.78, 5) is 0. The summed E-state index contributed by atoms with van der Waals surface area (Å²) in [5.74, 6) is 1.75. The zero-order chi connectivity index (χ0) is 14.9. The number of methoxy groups -OCH3 is 1. The topological polar surface area (TPSA) is 47.3 Å². The quantitative estimate of drug-likeness (QED) is 0.929. The molecule has 0 amide bonds. The maximum absolute atomic E-state index is 11.6. The lowest BCUT2D eigenvalue weighted by molar-refractivity contribution is -0.0900. The molecular weight excluding hydrogens is 264 g/mol. The Labute approximate surface area is 127 Å². The van der Waals surface area contributed by atoms with Crippen molar-refractivity contribution in [3.05, 3.63) is 11.9 Å². The van der Waals surface area contributed by atoms with Crippen LogP contribution in [0.15, 0.2) is 6.20 Å². The first-order chi connectivity index (χ1) is 10.2. The average molecular weight is 292 g/mol. The Bertz CT molecular complexity index is 479. The third-order valence-electron chi connectivity index (χ3n) is 5.69. The molecule has 2 unspecified atom stereocenters. The van der Waals surface area contributed by atoms with E-state index in [1.165, 1.54) is 38.5 Å². The normalized spacial score (nSPS) is 31.3. The molecule has 1 heterocycles. The molecule has 4 nitrogen and oxygen atoms in total. The molecule has 0 spiro atoms.